The molecule has 13 heteroatoms. The number of H-pyrrole nitrogens is 1. The van der Waals surface area contributed by atoms with Crippen LogP contribution in [0.2, 0.25) is 0 Å². The third kappa shape index (κ3) is 4.66. The summed E-state index contributed by atoms with van der Waals surface area (Å²) in [6.07, 6.45) is 6.32. The number of aryl methyl sites for hydroxylation is 2. The lowest BCUT2D eigenvalue weighted by Crippen LogP contribution is -2.22. The van der Waals surface area contributed by atoms with E-state index in [1.54, 1.807) is 13.3 Å². The molecule has 0 unspecified atom stereocenters. The second-order valence-electron chi connectivity index (χ2n) is 12.3. The minimum Gasteiger partial charge on any atom is -0.496 e. The largest absolute Gasteiger partial charge is 0.496 e. The Kier molecular flexibility index (Phi) is 6.94. The monoisotopic (exact) mass is 680 g/mol. The van der Waals surface area contributed by atoms with Gasteiger partial charge >= 0.3 is 5.76 Å². The molecule has 0 bridgehead atoms. The van der Waals surface area contributed by atoms with Crippen molar-refractivity contribution in [3.05, 3.63) is 97.3 Å². The average Bonchev–Trinajstić information content (AvgIpc) is 3.94. The van der Waals surface area contributed by atoms with Gasteiger partial charge in [0.1, 0.15) is 17.4 Å². The van der Waals surface area contributed by atoms with Crippen LogP contribution in [0.3, 0.4) is 0 Å². The number of nitrogens with one attached hydrogen (secondary N) is 2. The number of carbonyl (C=O) groups is 1. The number of amides is 1. The molecule has 1 saturated heterocycles. The van der Waals surface area contributed by atoms with E-state index < -0.39 is 5.76 Å². The summed E-state index contributed by atoms with van der Waals surface area (Å²) < 4.78 is 26.1. The molecule has 7 heterocycles. The zero-order chi connectivity index (χ0) is 32.5. The van der Waals surface area contributed by atoms with Crippen LogP contribution in [-0.2, 0) is 19.3 Å². The summed E-state index contributed by atoms with van der Waals surface area (Å²) in [6.45, 7) is 0.661. The number of fused-ring (bicyclic) bond motifs is 5. The van der Waals surface area contributed by atoms with Crippen molar-refractivity contribution < 1.29 is 18.3 Å². The smallest absolute Gasteiger partial charge is 0.434 e. The summed E-state index contributed by atoms with van der Waals surface area (Å²) in [6, 6.07) is 11.7. The summed E-state index contributed by atoms with van der Waals surface area (Å²) in [5, 5.41) is 12.8. The molecule has 10 nitrogen and oxygen atoms in total. The van der Waals surface area contributed by atoms with Gasteiger partial charge in [-0.05, 0) is 79.3 Å². The number of ether oxygens (including phenoxy) is 1. The number of aromatic amines is 1. The number of methoxy groups -OCH3 is 1. The molecule has 5 aromatic heterocycles. The topological polar surface area (TPSA) is 126 Å². The predicted molar refractivity (Wildman–Crippen MR) is 181 cm³/mol. The fourth-order valence-electron chi connectivity index (χ4n) is 7.59. The van der Waals surface area contributed by atoms with E-state index >= 15 is 0 Å². The van der Waals surface area contributed by atoms with Crippen molar-refractivity contribution >= 4 is 44.5 Å². The SMILES string of the molecule is COc1cccc2c1CC[C@H]2Nc1nccc2cc(-c3c4c(nc(CCc5cc(F)cs5)c3-c3n[nH]c(=O)o3)[C@H]3CCCN3C4=O)sc12. The number of aromatic nitrogens is 4. The molecule has 1 fully saturated rings. The first-order chi connectivity index (χ1) is 23.5. The lowest BCUT2D eigenvalue weighted by Gasteiger charge is -2.16. The summed E-state index contributed by atoms with van der Waals surface area (Å²) in [7, 11) is 1.70. The van der Waals surface area contributed by atoms with Gasteiger partial charge in [0.15, 0.2) is 0 Å². The zero-order valence-electron chi connectivity index (χ0n) is 25.8. The molecule has 48 heavy (non-hydrogen) atoms. The molecule has 2 N–H and O–H groups in total. The van der Waals surface area contributed by atoms with Crippen LogP contribution in [0.4, 0.5) is 10.2 Å². The van der Waals surface area contributed by atoms with Gasteiger partial charge in [-0.3, -0.25) is 9.78 Å². The minimum atomic E-state index is -0.699. The van der Waals surface area contributed by atoms with Crippen molar-refractivity contribution in [1.29, 1.82) is 0 Å². The van der Waals surface area contributed by atoms with Crippen LogP contribution < -0.4 is 15.8 Å². The Morgan fingerprint density at radius 1 is 1.15 bits per heavy atom. The van der Waals surface area contributed by atoms with E-state index in [1.165, 1.54) is 45.2 Å². The van der Waals surface area contributed by atoms with E-state index in [0.717, 1.165) is 62.8 Å². The van der Waals surface area contributed by atoms with Gasteiger partial charge in [0, 0.05) is 33.4 Å². The molecule has 6 aromatic rings. The van der Waals surface area contributed by atoms with E-state index in [4.69, 9.17) is 19.1 Å². The average molecular weight is 681 g/mol. The van der Waals surface area contributed by atoms with Crippen molar-refractivity contribution in [2.45, 2.75) is 50.6 Å². The van der Waals surface area contributed by atoms with Gasteiger partial charge < -0.3 is 19.4 Å². The molecular formula is C35H29FN6O4S2. The molecule has 2 atom stereocenters. The van der Waals surface area contributed by atoms with Crippen LogP contribution in [-0.4, -0.2) is 44.6 Å². The van der Waals surface area contributed by atoms with Crippen molar-refractivity contribution in [3.8, 4) is 27.6 Å². The summed E-state index contributed by atoms with van der Waals surface area (Å²) in [5.74, 6) is 0.682. The Labute approximate surface area is 281 Å². The number of nitrogens with zero attached hydrogens (tertiary/aromatic N) is 4. The van der Waals surface area contributed by atoms with Gasteiger partial charge in [0.2, 0.25) is 0 Å². The second-order valence-corrected chi connectivity index (χ2v) is 14.4. The molecule has 0 spiro atoms. The Morgan fingerprint density at radius 2 is 2.06 bits per heavy atom. The maximum absolute atomic E-state index is 14.1. The number of hydrogen-bond donors (Lipinski definition) is 2. The lowest BCUT2D eigenvalue weighted by atomic mass is 9.93. The molecule has 9 rings (SSSR count). The number of halogens is 1. The molecule has 1 aromatic carbocycles. The Morgan fingerprint density at radius 3 is 2.88 bits per heavy atom. The van der Waals surface area contributed by atoms with Crippen molar-refractivity contribution in [3.63, 3.8) is 0 Å². The Bertz CT molecular complexity index is 2310. The molecule has 0 saturated carbocycles. The zero-order valence-corrected chi connectivity index (χ0v) is 27.5. The number of pyridine rings is 2. The van der Waals surface area contributed by atoms with E-state index in [0.29, 0.717) is 41.8 Å². The number of thiophene rings is 2. The van der Waals surface area contributed by atoms with E-state index in [-0.39, 0.29) is 29.7 Å². The number of hydrogen-bond acceptors (Lipinski definition) is 10. The van der Waals surface area contributed by atoms with Gasteiger partial charge in [-0.1, -0.05) is 12.1 Å². The number of carbonyl (C=O) groups excluding carboxylic acids is 1. The minimum absolute atomic E-state index is 0.0697. The summed E-state index contributed by atoms with van der Waals surface area (Å²) >= 11 is 2.89. The highest BCUT2D eigenvalue weighted by Gasteiger charge is 2.45. The number of benzene rings is 1. The highest BCUT2D eigenvalue weighted by Crippen LogP contribution is 2.50. The van der Waals surface area contributed by atoms with Crippen molar-refractivity contribution in [2.75, 3.05) is 19.0 Å². The fourth-order valence-corrected chi connectivity index (χ4v) is 9.49. The van der Waals surface area contributed by atoms with E-state index in [1.807, 2.05) is 23.1 Å². The highest BCUT2D eigenvalue weighted by molar-refractivity contribution is 7.23. The van der Waals surface area contributed by atoms with Crippen LogP contribution in [0.1, 0.15) is 69.1 Å². The third-order valence-corrected chi connectivity index (χ3v) is 11.8. The van der Waals surface area contributed by atoms with Gasteiger partial charge in [-0.2, -0.15) is 0 Å². The second kappa shape index (κ2) is 11.4. The first-order valence-corrected chi connectivity index (χ1v) is 17.6. The highest BCUT2D eigenvalue weighted by atomic mass is 32.1. The van der Waals surface area contributed by atoms with E-state index in [9.17, 15) is 14.0 Å². The maximum atomic E-state index is 14.1. The normalized spacial score (nSPS) is 18.0. The van der Waals surface area contributed by atoms with Gasteiger partial charge in [-0.25, -0.2) is 19.3 Å². The fraction of sp³-hybridized carbons (Fsp3) is 0.286. The Hall–Kier alpha value is -4.88. The lowest BCUT2D eigenvalue weighted by molar-refractivity contribution is 0.0776. The molecule has 0 radical (unpaired) electrons. The van der Waals surface area contributed by atoms with Gasteiger partial charge in [0.25, 0.3) is 11.8 Å². The molecule has 2 aliphatic heterocycles. The predicted octanol–water partition coefficient (Wildman–Crippen LogP) is 7.09. The Balaban J connectivity index is 1.21. The quantitative estimate of drug-likeness (QED) is 0.175. The van der Waals surface area contributed by atoms with Crippen molar-refractivity contribution in [1.82, 2.24) is 25.1 Å². The number of rotatable bonds is 8. The standard InChI is InChI=1S/C35H29FN6O4S2/c1-45-25-6-2-4-20-21(25)8-10-22(20)39-32-31-17(11-12-37-32)14-26(48-31)28-27(33-40-41-35(44)46-33)23(9-7-19-15-18(36)16-47-19)38-30-24-5-3-13-42(24)34(43)29(28)30/h2,4,6,11-12,14-16,22,24H,3,5,7-10,13H2,1H3,(H,37,39)(H,41,44)/t22-,24-/m1/s1. The molecule has 1 amide bonds. The third-order valence-electron chi connectivity index (χ3n) is 9.66. The molecule has 242 valence electrons. The van der Waals surface area contributed by atoms with Crippen LogP contribution in [0.5, 0.6) is 5.75 Å². The van der Waals surface area contributed by atoms with Crippen molar-refractivity contribution in [2.24, 2.45) is 0 Å². The summed E-state index contributed by atoms with van der Waals surface area (Å²) in [5.41, 5.74) is 5.50. The van der Waals surface area contributed by atoms with Crippen LogP contribution in [0.25, 0.3) is 32.0 Å². The number of anilines is 1. The summed E-state index contributed by atoms with van der Waals surface area (Å²) in [4.78, 5) is 39.9. The van der Waals surface area contributed by atoms with E-state index in [2.05, 4.69) is 27.6 Å². The van der Waals surface area contributed by atoms with Gasteiger partial charge in [0.05, 0.1) is 46.4 Å². The van der Waals surface area contributed by atoms with Crippen LogP contribution >= 0.6 is 22.7 Å². The first-order valence-electron chi connectivity index (χ1n) is 15.9. The molecular weight excluding hydrogens is 652 g/mol. The van der Waals surface area contributed by atoms with Crippen LogP contribution in [0.15, 0.2) is 57.2 Å². The van der Waals surface area contributed by atoms with Crippen LogP contribution in [0, 0.1) is 5.82 Å². The van der Waals surface area contributed by atoms with Gasteiger partial charge in [-0.15, -0.1) is 27.8 Å². The molecule has 1 aliphatic carbocycles. The maximum Gasteiger partial charge on any atom is 0.434 e. The molecule has 3 aliphatic rings. The first kappa shape index (κ1) is 29.3.